The van der Waals surface area contributed by atoms with Crippen LogP contribution in [0.3, 0.4) is 0 Å². The molecular weight excluding hydrogens is 360 g/mol. The monoisotopic (exact) mass is 384 g/mol. The number of aryl methyl sites for hydroxylation is 2. The van der Waals surface area contributed by atoms with Gasteiger partial charge < -0.3 is 14.7 Å². The minimum Gasteiger partial charge on any atom is -0.334 e. The Bertz CT molecular complexity index is 943. The van der Waals surface area contributed by atoms with E-state index in [1.54, 1.807) is 26.7 Å². The molecule has 2 amide bonds. The van der Waals surface area contributed by atoms with Crippen LogP contribution in [-0.2, 0) is 13.6 Å². The van der Waals surface area contributed by atoms with Crippen molar-refractivity contribution in [2.24, 2.45) is 7.05 Å². The molecule has 28 heavy (non-hydrogen) atoms. The highest BCUT2D eigenvalue weighted by molar-refractivity contribution is 5.89. The molecule has 0 saturated carbocycles. The largest absolute Gasteiger partial charge is 0.334 e. The van der Waals surface area contributed by atoms with Crippen molar-refractivity contribution < 1.29 is 9.32 Å². The number of hydrogen-bond donors (Lipinski definition) is 1. The van der Waals surface area contributed by atoms with Crippen LogP contribution in [0.25, 0.3) is 11.5 Å². The zero-order valence-corrected chi connectivity index (χ0v) is 16.1. The number of anilines is 1. The van der Waals surface area contributed by atoms with Crippen LogP contribution >= 0.6 is 0 Å². The molecule has 1 saturated heterocycles. The van der Waals surface area contributed by atoms with Crippen molar-refractivity contribution in [3.8, 4) is 11.5 Å². The maximum absolute atomic E-state index is 13.0. The van der Waals surface area contributed by atoms with Crippen LogP contribution in [0.2, 0.25) is 0 Å². The summed E-state index contributed by atoms with van der Waals surface area (Å²) in [6, 6.07) is -0.395. The molecule has 0 aromatic carbocycles. The van der Waals surface area contributed by atoms with Gasteiger partial charge in [0, 0.05) is 32.5 Å². The number of carbonyl (C=O) groups is 1. The van der Waals surface area contributed by atoms with Crippen molar-refractivity contribution in [2.45, 2.75) is 45.2 Å². The van der Waals surface area contributed by atoms with E-state index in [2.05, 4.69) is 25.7 Å². The summed E-state index contributed by atoms with van der Waals surface area (Å²) in [6.45, 7) is 3.40. The highest BCUT2D eigenvalue weighted by atomic mass is 16.5. The third-order valence-electron chi connectivity index (χ3n) is 4.91. The second-order valence-corrected chi connectivity index (χ2v) is 6.93. The highest BCUT2D eigenvalue weighted by Crippen LogP contribution is 2.30. The minimum atomic E-state index is -0.224. The maximum Gasteiger partial charge on any atom is 0.322 e. The molecule has 3 aromatic heterocycles. The second kappa shape index (κ2) is 7.83. The molecule has 1 fully saturated rings. The molecule has 10 heteroatoms. The number of hydrogen-bond acceptors (Lipinski definition) is 6. The Morgan fingerprint density at radius 1 is 1.25 bits per heavy atom. The van der Waals surface area contributed by atoms with E-state index in [1.807, 2.05) is 26.4 Å². The molecule has 1 atom stereocenters. The van der Waals surface area contributed by atoms with Gasteiger partial charge in [-0.25, -0.2) is 4.79 Å². The van der Waals surface area contributed by atoms with Gasteiger partial charge in [0.2, 0.25) is 0 Å². The van der Waals surface area contributed by atoms with Gasteiger partial charge in [-0.05, 0) is 19.8 Å². The molecule has 3 aromatic rings. The molecule has 1 N–H and O–H groups in total. The summed E-state index contributed by atoms with van der Waals surface area (Å²) in [5.74, 6) is 0.942. The number of rotatable bonds is 4. The summed E-state index contributed by atoms with van der Waals surface area (Å²) < 4.78 is 8.89. The van der Waals surface area contributed by atoms with Crippen LogP contribution in [0.15, 0.2) is 29.3 Å². The van der Waals surface area contributed by atoms with E-state index in [-0.39, 0.29) is 12.1 Å². The van der Waals surface area contributed by atoms with Crippen molar-refractivity contribution in [3.63, 3.8) is 0 Å². The first-order valence-electron chi connectivity index (χ1n) is 9.56. The number of urea groups is 1. The summed E-state index contributed by atoms with van der Waals surface area (Å²) in [6.07, 6.45) is 10.8. The molecule has 10 nitrogen and oxygen atoms in total. The molecule has 0 bridgehead atoms. The Labute approximate surface area is 162 Å². The molecule has 0 spiro atoms. The predicted molar refractivity (Wildman–Crippen MR) is 101 cm³/mol. The number of aromatic nitrogens is 6. The van der Waals surface area contributed by atoms with Gasteiger partial charge in [0.25, 0.3) is 5.89 Å². The molecular formula is C18H24N8O2. The number of nitrogens with zero attached hydrogens (tertiary/aromatic N) is 7. The molecule has 1 unspecified atom stereocenters. The lowest BCUT2D eigenvalue weighted by molar-refractivity contribution is 0.185. The second-order valence-electron chi connectivity index (χ2n) is 6.93. The van der Waals surface area contributed by atoms with Gasteiger partial charge in [0.15, 0.2) is 5.82 Å². The van der Waals surface area contributed by atoms with Crippen molar-refractivity contribution >= 4 is 11.7 Å². The van der Waals surface area contributed by atoms with Gasteiger partial charge in [0.05, 0.1) is 29.7 Å². The van der Waals surface area contributed by atoms with Crippen LogP contribution < -0.4 is 5.32 Å². The summed E-state index contributed by atoms with van der Waals surface area (Å²) in [5.41, 5.74) is 1.44. The Morgan fingerprint density at radius 3 is 2.89 bits per heavy atom. The summed E-state index contributed by atoms with van der Waals surface area (Å²) in [7, 11) is 1.83. The first kappa shape index (κ1) is 18.2. The topological polar surface area (TPSA) is 107 Å². The van der Waals surface area contributed by atoms with Crippen LogP contribution in [0.5, 0.6) is 0 Å². The van der Waals surface area contributed by atoms with Gasteiger partial charge in [-0.15, -0.1) is 0 Å². The third kappa shape index (κ3) is 3.75. The average molecular weight is 384 g/mol. The molecule has 148 valence electrons. The molecule has 0 radical (unpaired) electrons. The first-order chi connectivity index (χ1) is 13.6. The van der Waals surface area contributed by atoms with E-state index in [1.165, 1.54) is 0 Å². The number of amides is 2. The number of nitrogens with one attached hydrogen (secondary N) is 1. The van der Waals surface area contributed by atoms with E-state index in [0.717, 1.165) is 37.8 Å². The van der Waals surface area contributed by atoms with E-state index >= 15 is 0 Å². The molecule has 4 rings (SSSR count). The maximum atomic E-state index is 13.0. The fourth-order valence-electron chi connectivity index (χ4n) is 3.44. The minimum absolute atomic E-state index is 0.171. The van der Waals surface area contributed by atoms with Gasteiger partial charge >= 0.3 is 6.03 Å². The summed E-state index contributed by atoms with van der Waals surface area (Å²) >= 11 is 0. The zero-order chi connectivity index (χ0) is 19.5. The molecule has 1 aliphatic heterocycles. The van der Waals surface area contributed by atoms with Crippen molar-refractivity contribution in [2.75, 3.05) is 11.9 Å². The van der Waals surface area contributed by atoms with E-state index < -0.39 is 0 Å². The van der Waals surface area contributed by atoms with E-state index in [4.69, 9.17) is 4.52 Å². The molecule has 4 heterocycles. The predicted octanol–water partition coefficient (Wildman–Crippen LogP) is 2.84. The average Bonchev–Trinajstić information content (AvgIpc) is 3.40. The lowest BCUT2D eigenvalue weighted by atomic mass is 10.1. The SMILES string of the molecule is CCn1cc(NC(=O)N2CCCCCC2c2noc(-c3cnn(C)c3)n2)cn1. The smallest absolute Gasteiger partial charge is 0.322 e. The number of carbonyl (C=O) groups excluding carboxylic acids is 1. The first-order valence-corrected chi connectivity index (χ1v) is 9.56. The van der Waals surface area contributed by atoms with Gasteiger partial charge in [-0.2, -0.15) is 15.2 Å². The zero-order valence-electron chi connectivity index (χ0n) is 16.1. The van der Waals surface area contributed by atoms with Crippen LogP contribution in [0.4, 0.5) is 10.5 Å². The quantitative estimate of drug-likeness (QED) is 0.741. The van der Waals surface area contributed by atoms with Crippen molar-refractivity contribution in [1.82, 2.24) is 34.6 Å². The summed E-state index contributed by atoms with van der Waals surface area (Å²) in [4.78, 5) is 19.3. The van der Waals surface area contributed by atoms with E-state index in [9.17, 15) is 4.79 Å². The van der Waals surface area contributed by atoms with Gasteiger partial charge in [0.1, 0.15) is 0 Å². The van der Waals surface area contributed by atoms with Crippen LogP contribution in [0, 0.1) is 0 Å². The molecule has 0 aliphatic carbocycles. The Kier molecular flexibility index (Phi) is 5.09. The number of likely N-dealkylation sites (tertiary alicyclic amines) is 1. The molecule has 1 aliphatic rings. The fourth-order valence-corrected chi connectivity index (χ4v) is 3.44. The van der Waals surface area contributed by atoms with E-state index in [0.29, 0.717) is 23.9 Å². The van der Waals surface area contributed by atoms with Crippen LogP contribution in [-0.4, -0.2) is 47.2 Å². The third-order valence-corrected chi connectivity index (χ3v) is 4.91. The highest BCUT2D eigenvalue weighted by Gasteiger charge is 2.31. The Morgan fingerprint density at radius 2 is 2.14 bits per heavy atom. The fraction of sp³-hybridized carbons (Fsp3) is 0.500. The Hall–Kier alpha value is -3.17. The van der Waals surface area contributed by atoms with Crippen LogP contribution in [0.1, 0.15) is 44.5 Å². The lowest BCUT2D eigenvalue weighted by Gasteiger charge is -2.27. The summed E-state index contributed by atoms with van der Waals surface area (Å²) in [5, 5.41) is 15.4. The van der Waals surface area contributed by atoms with Crippen molar-refractivity contribution in [1.29, 1.82) is 0 Å². The normalized spacial score (nSPS) is 17.5. The standard InChI is InChI=1S/C18H24N8O2/c1-3-25-12-14(10-20-25)21-18(27)26-8-6-4-5-7-15(26)16-22-17(28-23-16)13-9-19-24(2)11-13/h9-12,15H,3-8H2,1-2H3,(H,21,27). The Balaban J connectivity index is 1.54. The van der Waals surface area contributed by atoms with Gasteiger partial charge in [-0.3, -0.25) is 9.36 Å². The lowest BCUT2D eigenvalue weighted by Crippen LogP contribution is -2.38. The van der Waals surface area contributed by atoms with Crippen molar-refractivity contribution in [3.05, 3.63) is 30.6 Å². The van der Waals surface area contributed by atoms with Gasteiger partial charge in [-0.1, -0.05) is 18.0 Å².